The zero-order valence-corrected chi connectivity index (χ0v) is 16.9. The van der Waals surface area contributed by atoms with Gasteiger partial charge in [0.2, 0.25) is 0 Å². The molecule has 0 spiro atoms. The van der Waals surface area contributed by atoms with E-state index in [0.29, 0.717) is 48.5 Å². The summed E-state index contributed by atoms with van der Waals surface area (Å²) in [5.41, 5.74) is 8.44. The molecule has 5 rings (SSSR count). The van der Waals surface area contributed by atoms with Gasteiger partial charge in [0.25, 0.3) is 5.91 Å². The van der Waals surface area contributed by atoms with E-state index in [2.05, 4.69) is 15.0 Å². The minimum Gasteiger partial charge on any atom is -0.384 e. The molecule has 3 N–H and O–H groups in total. The SMILES string of the molecule is Nc1cc(-c2ccc(C(=O)N3CCOCC3)cc2)nc(-c2c[nH]c3c(F)cc(F)cc23)n1. The Morgan fingerprint density at radius 3 is 2.56 bits per heavy atom. The Balaban J connectivity index is 1.49. The monoisotopic (exact) mass is 435 g/mol. The molecule has 3 heterocycles. The van der Waals surface area contributed by atoms with Gasteiger partial charge in [-0.15, -0.1) is 0 Å². The number of anilines is 1. The summed E-state index contributed by atoms with van der Waals surface area (Å²) < 4.78 is 33.1. The van der Waals surface area contributed by atoms with E-state index < -0.39 is 11.6 Å². The van der Waals surface area contributed by atoms with Gasteiger partial charge in [-0.05, 0) is 18.2 Å². The maximum Gasteiger partial charge on any atom is 0.254 e. The zero-order valence-electron chi connectivity index (χ0n) is 16.9. The maximum absolute atomic E-state index is 14.1. The molecule has 1 aliphatic heterocycles. The zero-order chi connectivity index (χ0) is 22.2. The van der Waals surface area contributed by atoms with Crippen LogP contribution >= 0.6 is 0 Å². The number of carbonyl (C=O) groups is 1. The number of nitrogens with one attached hydrogen (secondary N) is 1. The third kappa shape index (κ3) is 3.67. The number of nitrogens with two attached hydrogens (primary N) is 1. The average molecular weight is 435 g/mol. The number of fused-ring (bicyclic) bond motifs is 1. The van der Waals surface area contributed by atoms with Crippen molar-refractivity contribution in [2.45, 2.75) is 0 Å². The van der Waals surface area contributed by atoms with E-state index in [0.717, 1.165) is 11.6 Å². The van der Waals surface area contributed by atoms with Crippen LogP contribution in [0, 0.1) is 11.6 Å². The lowest BCUT2D eigenvalue weighted by molar-refractivity contribution is 0.0303. The number of H-pyrrole nitrogens is 1. The van der Waals surface area contributed by atoms with E-state index in [1.54, 1.807) is 35.2 Å². The minimum absolute atomic E-state index is 0.0504. The van der Waals surface area contributed by atoms with Crippen molar-refractivity contribution in [2.24, 2.45) is 0 Å². The average Bonchev–Trinajstić information content (AvgIpc) is 3.23. The molecule has 0 saturated carbocycles. The summed E-state index contributed by atoms with van der Waals surface area (Å²) in [5, 5.41) is 0.325. The van der Waals surface area contributed by atoms with Crippen LogP contribution in [0.4, 0.5) is 14.6 Å². The van der Waals surface area contributed by atoms with E-state index in [4.69, 9.17) is 10.5 Å². The molecule has 0 atom stereocenters. The fourth-order valence-corrected chi connectivity index (χ4v) is 3.81. The Morgan fingerprint density at radius 1 is 1.06 bits per heavy atom. The molecule has 4 aromatic rings. The highest BCUT2D eigenvalue weighted by Gasteiger charge is 2.19. The van der Waals surface area contributed by atoms with Crippen LogP contribution in [0.5, 0.6) is 0 Å². The second-order valence-electron chi connectivity index (χ2n) is 7.50. The smallest absolute Gasteiger partial charge is 0.254 e. The summed E-state index contributed by atoms with van der Waals surface area (Å²) in [6.07, 6.45) is 1.52. The molecular formula is C23H19F2N5O2. The summed E-state index contributed by atoms with van der Waals surface area (Å²) in [6.45, 7) is 2.21. The van der Waals surface area contributed by atoms with Crippen molar-refractivity contribution in [2.75, 3.05) is 32.0 Å². The third-order valence-corrected chi connectivity index (χ3v) is 5.42. The molecule has 162 valence electrons. The topological polar surface area (TPSA) is 97.1 Å². The molecule has 0 radical (unpaired) electrons. The van der Waals surface area contributed by atoms with Crippen LogP contribution in [0.3, 0.4) is 0 Å². The lowest BCUT2D eigenvalue weighted by atomic mass is 10.1. The predicted molar refractivity (Wildman–Crippen MR) is 116 cm³/mol. The van der Waals surface area contributed by atoms with Gasteiger partial charge in [0.1, 0.15) is 17.5 Å². The van der Waals surface area contributed by atoms with Crippen molar-refractivity contribution < 1.29 is 18.3 Å². The van der Waals surface area contributed by atoms with Crippen LogP contribution in [0.15, 0.2) is 48.7 Å². The van der Waals surface area contributed by atoms with Crippen LogP contribution in [-0.2, 0) is 4.74 Å². The fourth-order valence-electron chi connectivity index (χ4n) is 3.81. The van der Waals surface area contributed by atoms with Crippen LogP contribution in [-0.4, -0.2) is 52.1 Å². The first-order chi connectivity index (χ1) is 15.5. The number of hydrogen-bond acceptors (Lipinski definition) is 5. The second kappa shape index (κ2) is 8.01. The lowest BCUT2D eigenvalue weighted by Crippen LogP contribution is -2.40. The normalized spacial score (nSPS) is 14.1. The van der Waals surface area contributed by atoms with Gasteiger partial charge in [-0.25, -0.2) is 18.7 Å². The van der Waals surface area contributed by atoms with Crippen molar-refractivity contribution in [3.63, 3.8) is 0 Å². The summed E-state index contributed by atoms with van der Waals surface area (Å²) in [4.78, 5) is 26.0. The van der Waals surface area contributed by atoms with E-state index in [1.165, 1.54) is 12.3 Å². The van der Waals surface area contributed by atoms with E-state index >= 15 is 0 Å². The van der Waals surface area contributed by atoms with Crippen molar-refractivity contribution in [3.8, 4) is 22.6 Å². The Kier molecular flexibility index (Phi) is 5.02. The molecule has 1 amide bonds. The Bertz CT molecular complexity index is 1310. The van der Waals surface area contributed by atoms with Gasteiger partial charge in [0.05, 0.1) is 24.4 Å². The molecular weight excluding hydrogens is 416 g/mol. The first-order valence-corrected chi connectivity index (χ1v) is 10.1. The van der Waals surface area contributed by atoms with Crippen LogP contribution in [0.25, 0.3) is 33.5 Å². The highest BCUT2D eigenvalue weighted by atomic mass is 19.1. The van der Waals surface area contributed by atoms with Crippen molar-refractivity contribution in [3.05, 3.63) is 65.9 Å². The number of hydrogen-bond donors (Lipinski definition) is 2. The number of amides is 1. The van der Waals surface area contributed by atoms with Gasteiger partial charge in [-0.1, -0.05) is 12.1 Å². The molecule has 0 aliphatic carbocycles. The Labute approximate surface area is 181 Å². The van der Waals surface area contributed by atoms with Gasteiger partial charge < -0.3 is 20.4 Å². The summed E-state index contributed by atoms with van der Waals surface area (Å²) >= 11 is 0. The largest absolute Gasteiger partial charge is 0.384 e. The summed E-state index contributed by atoms with van der Waals surface area (Å²) in [6, 6.07) is 10.7. The Morgan fingerprint density at radius 2 is 1.81 bits per heavy atom. The maximum atomic E-state index is 14.1. The predicted octanol–water partition coefficient (Wildman–Crippen LogP) is 3.62. The van der Waals surface area contributed by atoms with Gasteiger partial charge >= 0.3 is 0 Å². The highest BCUT2D eigenvalue weighted by Crippen LogP contribution is 2.31. The molecule has 1 fully saturated rings. The summed E-state index contributed by atoms with van der Waals surface area (Å²) in [5.74, 6) is -0.989. The van der Waals surface area contributed by atoms with E-state index in [9.17, 15) is 13.6 Å². The Hall–Kier alpha value is -3.85. The minimum atomic E-state index is -0.698. The van der Waals surface area contributed by atoms with Crippen molar-refractivity contribution >= 4 is 22.6 Å². The van der Waals surface area contributed by atoms with E-state index in [-0.39, 0.29) is 23.1 Å². The number of morpholine rings is 1. The van der Waals surface area contributed by atoms with Gasteiger partial charge in [0.15, 0.2) is 5.82 Å². The lowest BCUT2D eigenvalue weighted by Gasteiger charge is -2.26. The number of carbonyl (C=O) groups excluding carboxylic acids is 1. The third-order valence-electron chi connectivity index (χ3n) is 5.42. The number of aromatic amines is 1. The number of nitrogens with zero attached hydrogens (tertiary/aromatic N) is 3. The first kappa shape index (κ1) is 20.1. The molecule has 2 aromatic heterocycles. The van der Waals surface area contributed by atoms with Crippen molar-refractivity contribution in [1.29, 1.82) is 0 Å². The second-order valence-corrected chi connectivity index (χ2v) is 7.50. The quantitative estimate of drug-likeness (QED) is 0.512. The molecule has 0 unspecified atom stereocenters. The molecule has 9 heteroatoms. The number of halogens is 2. The fraction of sp³-hybridized carbons (Fsp3) is 0.174. The number of benzene rings is 2. The van der Waals surface area contributed by atoms with Crippen LogP contribution in [0.2, 0.25) is 0 Å². The molecule has 1 aliphatic rings. The standard InChI is InChI=1S/C23H19F2N5O2/c24-15-9-16-17(12-27-21(16)18(25)10-15)22-28-19(11-20(26)29-22)13-1-3-14(4-2-13)23(31)30-5-7-32-8-6-30/h1-4,9-12,27H,5-8H2,(H2,26,28,29). The summed E-state index contributed by atoms with van der Waals surface area (Å²) in [7, 11) is 0. The number of aromatic nitrogens is 3. The van der Waals surface area contributed by atoms with Crippen LogP contribution in [0.1, 0.15) is 10.4 Å². The van der Waals surface area contributed by atoms with Gasteiger partial charge in [0, 0.05) is 53.5 Å². The molecule has 0 bridgehead atoms. The number of rotatable bonds is 3. The van der Waals surface area contributed by atoms with Crippen molar-refractivity contribution in [1.82, 2.24) is 19.9 Å². The van der Waals surface area contributed by atoms with Gasteiger partial charge in [-0.3, -0.25) is 4.79 Å². The first-order valence-electron chi connectivity index (χ1n) is 10.1. The molecule has 32 heavy (non-hydrogen) atoms. The van der Waals surface area contributed by atoms with Crippen LogP contribution < -0.4 is 5.73 Å². The highest BCUT2D eigenvalue weighted by molar-refractivity contribution is 5.95. The molecule has 7 nitrogen and oxygen atoms in total. The molecule has 1 saturated heterocycles. The number of ether oxygens (including phenoxy) is 1. The number of nitrogen functional groups attached to an aromatic ring is 1. The van der Waals surface area contributed by atoms with E-state index in [1.807, 2.05) is 0 Å². The molecule has 2 aromatic carbocycles. The van der Waals surface area contributed by atoms with Gasteiger partial charge in [-0.2, -0.15) is 0 Å².